The summed E-state index contributed by atoms with van der Waals surface area (Å²) < 4.78 is 19.5. The lowest BCUT2D eigenvalue weighted by Crippen LogP contribution is -2.01. The first kappa shape index (κ1) is 12.3. The number of aliphatic hydroxyl groups is 1. The zero-order valence-electron chi connectivity index (χ0n) is 9.28. The van der Waals surface area contributed by atoms with Crippen LogP contribution in [0.4, 0.5) is 4.39 Å². The van der Waals surface area contributed by atoms with Gasteiger partial charge in [0.15, 0.2) is 0 Å². The summed E-state index contributed by atoms with van der Waals surface area (Å²) in [6.07, 6.45) is -0.332. The number of aryl methyl sites for hydroxylation is 1. The number of hydrogen-bond acceptors (Lipinski definition) is 2. The summed E-state index contributed by atoms with van der Waals surface area (Å²) in [6.45, 7) is 1.95. The molecule has 0 amide bonds. The van der Waals surface area contributed by atoms with Gasteiger partial charge in [0, 0.05) is 12.0 Å². The first-order valence-electron chi connectivity index (χ1n) is 5.34. The number of furan rings is 1. The Kier molecular flexibility index (Phi) is 3.64. The third-order valence-corrected chi connectivity index (χ3v) is 3.19. The van der Waals surface area contributed by atoms with Crippen LogP contribution in [-0.4, -0.2) is 5.11 Å². The minimum atomic E-state index is -1.08. The Morgan fingerprint density at radius 2 is 2.12 bits per heavy atom. The number of benzene rings is 1. The van der Waals surface area contributed by atoms with Gasteiger partial charge >= 0.3 is 0 Å². The van der Waals surface area contributed by atoms with Crippen molar-refractivity contribution in [1.82, 2.24) is 0 Å². The highest BCUT2D eigenvalue weighted by Crippen LogP contribution is 2.29. The summed E-state index contributed by atoms with van der Waals surface area (Å²) in [4.78, 5) is 0. The molecule has 0 saturated heterocycles. The van der Waals surface area contributed by atoms with Crippen molar-refractivity contribution >= 4 is 15.9 Å². The maximum Gasteiger partial charge on any atom is 0.143 e. The van der Waals surface area contributed by atoms with Crippen LogP contribution in [0.25, 0.3) is 0 Å². The van der Waals surface area contributed by atoms with Gasteiger partial charge in [-0.1, -0.05) is 19.1 Å². The van der Waals surface area contributed by atoms with Crippen LogP contribution in [0.2, 0.25) is 0 Å². The van der Waals surface area contributed by atoms with E-state index in [0.717, 1.165) is 12.2 Å². The van der Waals surface area contributed by atoms with E-state index in [1.165, 1.54) is 0 Å². The van der Waals surface area contributed by atoms with Crippen molar-refractivity contribution in [3.05, 3.63) is 57.7 Å². The van der Waals surface area contributed by atoms with Gasteiger partial charge in [-0.15, -0.1) is 0 Å². The molecule has 0 saturated carbocycles. The highest BCUT2D eigenvalue weighted by atomic mass is 79.9. The van der Waals surface area contributed by atoms with E-state index >= 15 is 0 Å². The summed E-state index contributed by atoms with van der Waals surface area (Å²) in [6, 6.07) is 8.26. The Bertz CT molecular complexity index is 522. The van der Waals surface area contributed by atoms with Gasteiger partial charge in [0.2, 0.25) is 0 Å². The topological polar surface area (TPSA) is 33.4 Å². The summed E-state index contributed by atoms with van der Waals surface area (Å²) in [5.41, 5.74) is 0.205. The largest absolute Gasteiger partial charge is 0.463 e. The van der Waals surface area contributed by atoms with Crippen LogP contribution >= 0.6 is 15.9 Å². The van der Waals surface area contributed by atoms with Gasteiger partial charge in [0.25, 0.3) is 0 Å². The van der Waals surface area contributed by atoms with Crippen molar-refractivity contribution < 1.29 is 13.9 Å². The second-order valence-corrected chi connectivity index (χ2v) is 4.56. The van der Waals surface area contributed by atoms with Gasteiger partial charge in [-0.05, 0) is 34.1 Å². The molecule has 2 aromatic rings. The molecule has 0 spiro atoms. The second kappa shape index (κ2) is 5.02. The lowest BCUT2D eigenvalue weighted by molar-refractivity contribution is 0.182. The number of rotatable bonds is 3. The zero-order valence-corrected chi connectivity index (χ0v) is 10.9. The van der Waals surface area contributed by atoms with E-state index in [9.17, 15) is 9.50 Å². The number of halogens is 2. The molecule has 0 aliphatic heterocycles. The van der Waals surface area contributed by atoms with Crippen LogP contribution < -0.4 is 0 Å². The smallest absolute Gasteiger partial charge is 0.143 e. The standard InChI is InChI=1S/C13H12BrFO2/c1-2-8-6-7-11(17-8)13(16)9-4-3-5-10(14)12(9)15/h3-7,13,16H,2H2,1H3. The van der Waals surface area contributed by atoms with E-state index < -0.39 is 11.9 Å². The van der Waals surface area contributed by atoms with E-state index in [1.54, 1.807) is 30.3 Å². The third-order valence-electron chi connectivity index (χ3n) is 2.58. The molecule has 2 nitrogen and oxygen atoms in total. The fourth-order valence-corrected chi connectivity index (χ4v) is 2.00. The molecule has 0 aliphatic rings. The van der Waals surface area contributed by atoms with Crippen LogP contribution in [0.15, 0.2) is 39.2 Å². The quantitative estimate of drug-likeness (QED) is 0.934. The van der Waals surface area contributed by atoms with Crippen LogP contribution in [0.5, 0.6) is 0 Å². The molecule has 1 heterocycles. The minimum absolute atomic E-state index is 0.205. The molecule has 90 valence electrons. The average Bonchev–Trinajstić information content (AvgIpc) is 2.80. The monoisotopic (exact) mass is 298 g/mol. The highest BCUT2D eigenvalue weighted by molar-refractivity contribution is 9.10. The van der Waals surface area contributed by atoms with E-state index in [0.29, 0.717) is 10.2 Å². The van der Waals surface area contributed by atoms with Gasteiger partial charge in [-0.3, -0.25) is 0 Å². The Morgan fingerprint density at radius 1 is 1.35 bits per heavy atom. The summed E-state index contributed by atoms with van der Waals surface area (Å²) in [5, 5.41) is 10.1. The minimum Gasteiger partial charge on any atom is -0.463 e. The van der Waals surface area contributed by atoms with Gasteiger partial charge in [0.1, 0.15) is 23.4 Å². The Morgan fingerprint density at radius 3 is 2.76 bits per heavy atom. The highest BCUT2D eigenvalue weighted by Gasteiger charge is 2.19. The van der Waals surface area contributed by atoms with Crippen molar-refractivity contribution in [3.8, 4) is 0 Å². The van der Waals surface area contributed by atoms with Crippen LogP contribution in [0.3, 0.4) is 0 Å². The molecule has 0 bridgehead atoms. The van der Waals surface area contributed by atoms with Crippen molar-refractivity contribution in [2.45, 2.75) is 19.4 Å². The number of aliphatic hydroxyl groups excluding tert-OH is 1. The molecule has 0 aliphatic carbocycles. The van der Waals surface area contributed by atoms with Gasteiger partial charge in [-0.2, -0.15) is 0 Å². The molecule has 17 heavy (non-hydrogen) atoms. The van der Waals surface area contributed by atoms with E-state index in [4.69, 9.17) is 4.42 Å². The molecule has 0 fully saturated rings. The van der Waals surface area contributed by atoms with E-state index in [2.05, 4.69) is 15.9 Å². The molecule has 1 unspecified atom stereocenters. The number of hydrogen-bond donors (Lipinski definition) is 1. The zero-order chi connectivity index (χ0) is 12.4. The molecule has 1 N–H and O–H groups in total. The predicted molar refractivity (Wildman–Crippen MR) is 66.2 cm³/mol. The SMILES string of the molecule is CCc1ccc(C(O)c2cccc(Br)c2F)o1. The molecule has 1 aromatic heterocycles. The molecule has 1 aromatic carbocycles. The summed E-state index contributed by atoms with van der Waals surface area (Å²) >= 11 is 3.09. The van der Waals surface area contributed by atoms with Gasteiger partial charge in [-0.25, -0.2) is 4.39 Å². The van der Waals surface area contributed by atoms with Crippen molar-refractivity contribution in [3.63, 3.8) is 0 Å². The summed E-state index contributed by atoms with van der Waals surface area (Å²) in [5.74, 6) is 0.669. The maximum absolute atomic E-state index is 13.8. The van der Waals surface area contributed by atoms with Crippen LogP contribution in [0.1, 0.15) is 30.1 Å². The van der Waals surface area contributed by atoms with Crippen molar-refractivity contribution in [2.75, 3.05) is 0 Å². The van der Waals surface area contributed by atoms with Crippen molar-refractivity contribution in [1.29, 1.82) is 0 Å². The van der Waals surface area contributed by atoms with E-state index in [1.807, 2.05) is 6.92 Å². The van der Waals surface area contributed by atoms with Crippen LogP contribution in [-0.2, 0) is 6.42 Å². The van der Waals surface area contributed by atoms with Crippen molar-refractivity contribution in [2.24, 2.45) is 0 Å². The lowest BCUT2D eigenvalue weighted by atomic mass is 10.1. The van der Waals surface area contributed by atoms with Gasteiger partial charge in [0.05, 0.1) is 4.47 Å². The first-order valence-corrected chi connectivity index (χ1v) is 6.13. The first-order chi connectivity index (χ1) is 8.13. The second-order valence-electron chi connectivity index (χ2n) is 3.70. The third kappa shape index (κ3) is 2.42. The maximum atomic E-state index is 13.8. The molecule has 0 radical (unpaired) electrons. The Hall–Kier alpha value is -1.13. The molecular weight excluding hydrogens is 287 g/mol. The lowest BCUT2D eigenvalue weighted by Gasteiger charge is -2.10. The van der Waals surface area contributed by atoms with Gasteiger partial charge < -0.3 is 9.52 Å². The van der Waals surface area contributed by atoms with Crippen LogP contribution in [0, 0.1) is 5.82 Å². The molecular formula is C13H12BrFO2. The average molecular weight is 299 g/mol. The Labute approximate surface area is 107 Å². The summed E-state index contributed by atoms with van der Waals surface area (Å²) in [7, 11) is 0. The molecule has 2 rings (SSSR count). The predicted octanol–water partition coefficient (Wildman–Crippen LogP) is 3.83. The Balaban J connectivity index is 2.36. The molecule has 1 atom stereocenters. The fraction of sp³-hybridized carbons (Fsp3) is 0.231. The normalized spacial score (nSPS) is 12.7. The molecule has 4 heteroatoms. The van der Waals surface area contributed by atoms with E-state index in [-0.39, 0.29) is 5.56 Å². The fourth-order valence-electron chi connectivity index (χ4n) is 1.62.